The van der Waals surface area contributed by atoms with E-state index in [0.29, 0.717) is 5.69 Å². The third-order valence-electron chi connectivity index (χ3n) is 4.15. The minimum absolute atomic E-state index is 0.167. The fourth-order valence-electron chi connectivity index (χ4n) is 2.78. The second-order valence-corrected chi connectivity index (χ2v) is 5.88. The molecule has 0 fully saturated rings. The summed E-state index contributed by atoms with van der Waals surface area (Å²) in [7, 11) is 0. The highest BCUT2D eigenvalue weighted by Crippen LogP contribution is 2.27. The molecule has 0 unspecified atom stereocenters. The molecule has 2 N–H and O–H groups in total. The van der Waals surface area contributed by atoms with Crippen LogP contribution in [0.25, 0.3) is 22.0 Å². The highest BCUT2D eigenvalue weighted by atomic mass is 16.3. The van der Waals surface area contributed by atoms with Gasteiger partial charge in [0.1, 0.15) is 5.69 Å². The molecule has 0 spiro atoms. The predicted molar refractivity (Wildman–Crippen MR) is 98.2 cm³/mol. The second kappa shape index (κ2) is 6.29. The Labute approximate surface area is 149 Å². The molecular weight excluding hydrogens is 328 g/mol. The Kier molecular flexibility index (Phi) is 3.82. The van der Waals surface area contributed by atoms with E-state index in [1.54, 1.807) is 6.20 Å². The van der Waals surface area contributed by atoms with Crippen LogP contribution in [0.15, 0.2) is 73.1 Å². The van der Waals surface area contributed by atoms with Crippen LogP contribution in [0.1, 0.15) is 16.1 Å². The van der Waals surface area contributed by atoms with Crippen molar-refractivity contribution in [3.05, 3.63) is 84.3 Å². The summed E-state index contributed by atoms with van der Waals surface area (Å²) >= 11 is 0. The van der Waals surface area contributed by atoms with Gasteiger partial charge in [-0.05, 0) is 35.0 Å². The van der Waals surface area contributed by atoms with E-state index in [9.17, 15) is 15.0 Å². The van der Waals surface area contributed by atoms with Crippen LogP contribution in [0.3, 0.4) is 0 Å². The largest absolute Gasteiger partial charge is 0.504 e. The summed E-state index contributed by atoms with van der Waals surface area (Å²) in [5.74, 6) is -1.01. The van der Waals surface area contributed by atoms with Gasteiger partial charge in [0.05, 0.1) is 18.1 Å². The first-order valence-electron chi connectivity index (χ1n) is 8.00. The number of ketones is 1. The number of aromatic hydroxyl groups is 2. The molecule has 1 heterocycles. The third-order valence-corrected chi connectivity index (χ3v) is 4.15. The Hall–Kier alpha value is -3.73. The van der Waals surface area contributed by atoms with Crippen LogP contribution < -0.4 is 0 Å². The molecule has 0 aliphatic carbocycles. The first kappa shape index (κ1) is 15.8. The van der Waals surface area contributed by atoms with E-state index in [1.165, 1.54) is 24.4 Å². The molecule has 0 saturated heterocycles. The Morgan fingerprint density at radius 2 is 1.62 bits per heavy atom. The number of rotatable bonds is 3. The van der Waals surface area contributed by atoms with Crippen molar-refractivity contribution >= 4 is 16.6 Å². The Bertz CT molecular complexity index is 1140. The lowest BCUT2D eigenvalue weighted by atomic mass is 10.0. The van der Waals surface area contributed by atoms with Crippen LogP contribution in [-0.2, 0) is 0 Å². The van der Waals surface area contributed by atoms with Crippen molar-refractivity contribution in [2.45, 2.75) is 0 Å². The van der Waals surface area contributed by atoms with Crippen molar-refractivity contribution in [3.8, 4) is 22.8 Å². The van der Waals surface area contributed by atoms with E-state index in [0.717, 1.165) is 16.3 Å². The number of carbonyl (C=O) groups is 1. The van der Waals surface area contributed by atoms with Gasteiger partial charge in [0, 0.05) is 11.1 Å². The van der Waals surface area contributed by atoms with Crippen molar-refractivity contribution in [3.63, 3.8) is 0 Å². The number of hydrogen-bond donors (Lipinski definition) is 2. The zero-order valence-electron chi connectivity index (χ0n) is 13.6. The average molecular weight is 342 g/mol. The summed E-state index contributed by atoms with van der Waals surface area (Å²) in [5.41, 5.74) is 1.84. The van der Waals surface area contributed by atoms with Crippen LogP contribution in [0.2, 0.25) is 0 Å². The molecule has 5 nitrogen and oxygen atoms in total. The number of phenolic OH excluding ortho intramolecular Hbond substituents is 2. The van der Waals surface area contributed by atoms with E-state index in [1.807, 2.05) is 42.5 Å². The summed E-state index contributed by atoms with van der Waals surface area (Å²) in [5, 5.41) is 21.2. The number of phenols is 2. The number of carbonyl (C=O) groups excluding carboxylic acids is 1. The molecule has 4 aromatic rings. The quantitative estimate of drug-likeness (QED) is 0.435. The van der Waals surface area contributed by atoms with Crippen LogP contribution in [0.4, 0.5) is 0 Å². The SMILES string of the molecule is O=C(c1ccc(O)c(O)c1)c1cncc(-c2ccc3ccccc3c2)n1. The maximum Gasteiger partial charge on any atom is 0.213 e. The summed E-state index contributed by atoms with van der Waals surface area (Å²) in [4.78, 5) is 21.2. The van der Waals surface area contributed by atoms with Gasteiger partial charge < -0.3 is 10.2 Å². The molecule has 1 aromatic heterocycles. The van der Waals surface area contributed by atoms with Gasteiger partial charge in [0.15, 0.2) is 11.5 Å². The molecule has 0 saturated carbocycles. The minimum atomic E-state index is -0.379. The van der Waals surface area contributed by atoms with Gasteiger partial charge >= 0.3 is 0 Å². The molecule has 0 amide bonds. The number of hydrogen-bond acceptors (Lipinski definition) is 5. The topological polar surface area (TPSA) is 83.3 Å². The van der Waals surface area contributed by atoms with Gasteiger partial charge in [-0.25, -0.2) is 4.98 Å². The van der Waals surface area contributed by atoms with Gasteiger partial charge in [-0.15, -0.1) is 0 Å². The number of fused-ring (bicyclic) bond motifs is 1. The molecule has 26 heavy (non-hydrogen) atoms. The van der Waals surface area contributed by atoms with E-state index in [4.69, 9.17) is 0 Å². The molecule has 0 radical (unpaired) electrons. The number of aromatic nitrogens is 2. The standard InChI is InChI=1S/C21H14N2O3/c24-19-8-7-16(10-20(19)25)21(26)18-12-22-11-17(23-18)15-6-5-13-3-1-2-4-14(13)9-15/h1-12,24-25H. The Morgan fingerprint density at radius 1 is 0.808 bits per heavy atom. The number of nitrogens with zero attached hydrogens (tertiary/aromatic N) is 2. The van der Waals surface area contributed by atoms with Crippen molar-refractivity contribution in [2.24, 2.45) is 0 Å². The molecular formula is C21H14N2O3. The molecule has 0 aliphatic heterocycles. The van der Waals surface area contributed by atoms with Crippen LogP contribution >= 0.6 is 0 Å². The van der Waals surface area contributed by atoms with E-state index in [-0.39, 0.29) is 28.5 Å². The maximum atomic E-state index is 12.6. The van der Waals surface area contributed by atoms with Crippen LogP contribution in [0, 0.1) is 0 Å². The maximum absolute atomic E-state index is 12.6. The summed E-state index contributed by atoms with van der Waals surface area (Å²) < 4.78 is 0. The molecule has 0 aliphatic rings. The van der Waals surface area contributed by atoms with Crippen LogP contribution in [-0.4, -0.2) is 26.0 Å². The van der Waals surface area contributed by atoms with E-state index >= 15 is 0 Å². The molecule has 3 aromatic carbocycles. The second-order valence-electron chi connectivity index (χ2n) is 5.88. The van der Waals surface area contributed by atoms with Gasteiger partial charge in [0.25, 0.3) is 0 Å². The Morgan fingerprint density at radius 3 is 2.42 bits per heavy atom. The molecule has 126 valence electrons. The smallest absolute Gasteiger partial charge is 0.213 e. The average Bonchev–Trinajstić information content (AvgIpc) is 2.69. The van der Waals surface area contributed by atoms with Gasteiger partial charge in [0.2, 0.25) is 5.78 Å². The fourth-order valence-corrected chi connectivity index (χ4v) is 2.78. The normalized spacial score (nSPS) is 10.8. The lowest BCUT2D eigenvalue weighted by molar-refractivity contribution is 0.103. The van der Waals surface area contributed by atoms with Crippen molar-refractivity contribution in [2.75, 3.05) is 0 Å². The predicted octanol–water partition coefficient (Wildman–Crippen LogP) is 3.94. The molecule has 5 heteroatoms. The molecule has 4 rings (SSSR count). The Balaban J connectivity index is 1.73. The monoisotopic (exact) mass is 342 g/mol. The van der Waals surface area contributed by atoms with E-state index < -0.39 is 0 Å². The lowest BCUT2D eigenvalue weighted by Gasteiger charge is -2.06. The molecule has 0 bridgehead atoms. The van der Waals surface area contributed by atoms with Gasteiger partial charge in [-0.1, -0.05) is 36.4 Å². The van der Waals surface area contributed by atoms with Gasteiger partial charge in [-0.3, -0.25) is 9.78 Å². The van der Waals surface area contributed by atoms with E-state index in [2.05, 4.69) is 9.97 Å². The first-order valence-corrected chi connectivity index (χ1v) is 8.00. The fraction of sp³-hybridized carbons (Fsp3) is 0. The summed E-state index contributed by atoms with van der Waals surface area (Å²) in [6, 6.07) is 17.8. The van der Waals surface area contributed by atoms with Gasteiger partial charge in [-0.2, -0.15) is 0 Å². The highest BCUT2D eigenvalue weighted by molar-refractivity contribution is 6.08. The third kappa shape index (κ3) is 2.86. The first-order chi connectivity index (χ1) is 12.6. The zero-order chi connectivity index (χ0) is 18.1. The summed E-state index contributed by atoms with van der Waals surface area (Å²) in [6.45, 7) is 0. The number of benzene rings is 3. The lowest BCUT2D eigenvalue weighted by Crippen LogP contribution is -2.05. The zero-order valence-corrected chi connectivity index (χ0v) is 13.6. The van der Waals surface area contributed by atoms with Crippen LogP contribution in [0.5, 0.6) is 11.5 Å². The minimum Gasteiger partial charge on any atom is -0.504 e. The van der Waals surface area contributed by atoms with Crippen molar-refractivity contribution < 1.29 is 15.0 Å². The van der Waals surface area contributed by atoms with Crippen molar-refractivity contribution in [1.82, 2.24) is 9.97 Å². The molecule has 0 atom stereocenters. The van der Waals surface area contributed by atoms with Crippen molar-refractivity contribution in [1.29, 1.82) is 0 Å². The highest BCUT2D eigenvalue weighted by Gasteiger charge is 2.14. The summed E-state index contributed by atoms with van der Waals surface area (Å²) in [6.07, 6.45) is 2.99.